The first kappa shape index (κ1) is 22.9. The Morgan fingerprint density at radius 2 is 1.79 bits per heavy atom. The fourth-order valence-corrected chi connectivity index (χ4v) is 3.31. The fourth-order valence-electron chi connectivity index (χ4n) is 3.31. The van der Waals surface area contributed by atoms with Crippen LogP contribution in [-0.2, 0) is 13.0 Å². The van der Waals surface area contributed by atoms with Gasteiger partial charge in [0, 0.05) is 31.4 Å². The molecule has 0 saturated heterocycles. The van der Waals surface area contributed by atoms with Crippen LogP contribution in [0.2, 0.25) is 0 Å². The second kappa shape index (κ2) is 11.5. The van der Waals surface area contributed by atoms with Crippen LogP contribution in [0.25, 0.3) is 0 Å². The average molecular weight is 405 g/mol. The standard InChI is InChI=1S/C21H32N4O4/c1-3-17-14-18(7-6-16(17)2)22-19-15-20(28)25(21(29)23-19)9-5-4-8-24(10-12-26)11-13-27/h6-7,14-15,22,26-27H,3-5,8-13H2,1-2H3,(H,23,29). The normalized spacial score (nSPS) is 11.2. The molecule has 2 rings (SSSR count). The third-order valence-corrected chi connectivity index (χ3v) is 4.97. The molecule has 0 aliphatic carbocycles. The predicted molar refractivity (Wildman–Crippen MR) is 115 cm³/mol. The average Bonchev–Trinajstić information content (AvgIpc) is 2.68. The summed E-state index contributed by atoms with van der Waals surface area (Å²) in [5.74, 6) is 0.374. The first-order valence-electron chi connectivity index (χ1n) is 10.1. The highest BCUT2D eigenvalue weighted by Gasteiger charge is 2.07. The van der Waals surface area contributed by atoms with Crippen LogP contribution in [0.1, 0.15) is 30.9 Å². The van der Waals surface area contributed by atoms with Crippen molar-refractivity contribution in [2.24, 2.45) is 0 Å². The summed E-state index contributed by atoms with van der Waals surface area (Å²) in [5, 5.41) is 21.2. The van der Waals surface area contributed by atoms with E-state index in [-0.39, 0.29) is 18.8 Å². The van der Waals surface area contributed by atoms with Gasteiger partial charge in [-0.25, -0.2) is 4.79 Å². The second-order valence-corrected chi connectivity index (χ2v) is 7.09. The van der Waals surface area contributed by atoms with Crippen LogP contribution in [0.4, 0.5) is 11.5 Å². The van der Waals surface area contributed by atoms with Gasteiger partial charge < -0.3 is 15.5 Å². The van der Waals surface area contributed by atoms with Gasteiger partial charge in [0.1, 0.15) is 5.82 Å². The number of aryl methyl sites for hydroxylation is 2. The predicted octanol–water partition coefficient (Wildman–Crippen LogP) is 1.22. The molecule has 1 heterocycles. The Balaban J connectivity index is 1.98. The zero-order valence-electron chi connectivity index (χ0n) is 17.3. The number of nitrogens with one attached hydrogen (secondary N) is 2. The Morgan fingerprint density at radius 3 is 2.41 bits per heavy atom. The third-order valence-electron chi connectivity index (χ3n) is 4.97. The van der Waals surface area contributed by atoms with E-state index in [0.717, 1.165) is 18.5 Å². The minimum atomic E-state index is -0.439. The maximum absolute atomic E-state index is 12.4. The van der Waals surface area contributed by atoms with Crippen molar-refractivity contribution < 1.29 is 10.2 Å². The molecule has 0 atom stereocenters. The number of aromatic nitrogens is 2. The number of anilines is 2. The molecule has 0 radical (unpaired) electrons. The summed E-state index contributed by atoms with van der Waals surface area (Å²) in [6, 6.07) is 7.35. The van der Waals surface area contributed by atoms with Gasteiger partial charge >= 0.3 is 5.69 Å². The van der Waals surface area contributed by atoms with Crippen molar-refractivity contribution in [2.75, 3.05) is 38.2 Å². The lowest BCUT2D eigenvalue weighted by atomic mass is 10.1. The van der Waals surface area contributed by atoms with Crippen molar-refractivity contribution in [2.45, 2.75) is 39.7 Å². The minimum absolute atomic E-state index is 0.0360. The van der Waals surface area contributed by atoms with E-state index in [4.69, 9.17) is 10.2 Å². The first-order chi connectivity index (χ1) is 14.0. The molecule has 0 spiro atoms. The molecule has 8 heteroatoms. The van der Waals surface area contributed by atoms with Gasteiger partial charge in [0.25, 0.3) is 5.56 Å². The highest BCUT2D eigenvalue weighted by Crippen LogP contribution is 2.18. The Labute approximate surface area is 170 Å². The van der Waals surface area contributed by atoms with E-state index in [1.165, 1.54) is 21.8 Å². The van der Waals surface area contributed by atoms with E-state index in [2.05, 4.69) is 24.1 Å². The Bertz CT molecular complexity index is 854. The molecule has 0 fully saturated rings. The Hall–Kier alpha value is -2.42. The van der Waals surface area contributed by atoms with Gasteiger partial charge in [0.15, 0.2) is 0 Å². The Kier molecular flexibility index (Phi) is 9.11. The lowest BCUT2D eigenvalue weighted by molar-refractivity contribution is 0.159. The van der Waals surface area contributed by atoms with Crippen LogP contribution >= 0.6 is 0 Å². The summed E-state index contributed by atoms with van der Waals surface area (Å²) in [6.45, 7) is 6.23. The van der Waals surface area contributed by atoms with Crippen molar-refractivity contribution in [1.29, 1.82) is 0 Å². The van der Waals surface area contributed by atoms with Crippen molar-refractivity contribution >= 4 is 11.5 Å². The molecule has 160 valence electrons. The topological polar surface area (TPSA) is 111 Å². The number of aliphatic hydroxyl groups excluding tert-OH is 2. The molecule has 1 aromatic carbocycles. The second-order valence-electron chi connectivity index (χ2n) is 7.09. The lowest BCUT2D eigenvalue weighted by Gasteiger charge is -2.19. The van der Waals surface area contributed by atoms with Gasteiger partial charge in [0.05, 0.1) is 13.2 Å². The number of hydrogen-bond acceptors (Lipinski definition) is 6. The van der Waals surface area contributed by atoms with E-state index < -0.39 is 5.69 Å². The zero-order valence-corrected chi connectivity index (χ0v) is 17.3. The lowest BCUT2D eigenvalue weighted by Crippen LogP contribution is -2.35. The summed E-state index contributed by atoms with van der Waals surface area (Å²) < 4.78 is 1.19. The smallest absolute Gasteiger partial charge is 0.329 e. The summed E-state index contributed by atoms with van der Waals surface area (Å²) in [5.41, 5.74) is 2.46. The van der Waals surface area contributed by atoms with Gasteiger partial charge in [-0.05, 0) is 56.0 Å². The minimum Gasteiger partial charge on any atom is -0.395 e. The summed E-state index contributed by atoms with van der Waals surface area (Å²) >= 11 is 0. The monoisotopic (exact) mass is 404 g/mol. The maximum Gasteiger partial charge on any atom is 0.329 e. The molecule has 0 amide bonds. The van der Waals surface area contributed by atoms with Crippen LogP contribution in [0, 0.1) is 6.92 Å². The molecule has 0 aliphatic rings. The van der Waals surface area contributed by atoms with Gasteiger partial charge in [-0.2, -0.15) is 0 Å². The van der Waals surface area contributed by atoms with Crippen LogP contribution in [-0.4, -0.2) is 57.5 Å². The zero-order chi connectivity index (χ0) is 21.2. The van der Waals surface area contributed by atoms with Gasteiger partial charge in [-0.1, -0.05) is 13.0 Å². The van der Waals surface area contributed by atoms with Crippen molar-refractivity contribution in [3.8, 4) is 0 Å². The summed E-state index contributed by atoms with van der Waals surface area (Å²) in [4.78, 5) is 29.4. The Morgan fingerprint density at radius 1 is 1.07 bits per heavy atom. The van der Waals surface area contributed by atoms with E-state index in [9.17, 15) is 9.59 Å². The maximum atomic E-state index is 12.4. The van der Waals surface area contributed by atoms with Gasteiger partial charge in [-0.3, -0.25) is 19.2 Å². The van der Waals surface area contributed by atoms with E-state index in [1.807, 2.05) is 23.1 Å². The largest absolute Gasteiger partial charge is 0.395 e. The van der Waals surface area contributed by atoms with Gasteiger partial charge in [-0.15, -0.1) is 0 Å². The summed E-state index contributed by atoms with van der Waals surface area (Å²) in [6.07, 6.45) is 2.32. The molecular weight excluding hydrogens is 372 g/mol. The molecular formula is C21H32N4O4. The van der Waals surface area contributed by atoms with Gasteiger partial charge in [0.2, 0.25) is 0 Å². The highest BCUT2D eigenvalue weighted by molar-refractivity contribution is 5.57. The summed E-state index contributed by atoms with van der Waals surface area (Å²) in [7, 11) is 0. The van der Waals surface area contributed by atoms with Crippen LogP contribution in [0.3, 0.4) is 0 Å². The SMILES string of the molecule is CCc1cc(Nc2cc(=O)n(CCCCN(CCO)CCO)c(=O)[nH]2)ccc1C. The molecule has 1 aromatic heterocycles. The third kappa shape index (κ3) is 6.85. The van der Waals surface area contributed by atoms with Crippen molar-refractivity contribution in [3.63, 3.8) is 0 Å². The highest BCUT2D eigenvalue weighted by atomic mass is 16.3. The van der Waals surface area contributed by atoms with E-state index >= 15 is 0 Å². The van der Waals surface area contributed by atoms with Crippen molar-refractivity contribution in [3.05, 3.63) is 56.2 Å². The quantitative estimate of drug-likeness (QED) is 0.396. The molecule has 0 aliphatic heterocycles. The van der Waals surface area contributed by atoms with E-state index in [0.29, 0.717) is 38.4 Å². The van der Waals surface area contributed by atoms with Crippen LogP contribution in [0.15, 0.2) is 33.9 Å². The molecule has 2 aromatic rings. The molecule has 0 bridgehead atoms. The number of nitrogens with zero attached hydrogens (tertiary/aromatic N) is 2. The first-order valence-corrected chi connectivity index (χ1v) is 10.1. The van der Waals surface area contributed by atoms with Crippen LogP contribution in [0.5, 0.6) is 0 Å². The molecule has 4 N–H and O–H groups in total. The van der Waals surface area contributed by atoms with Crippen LogP contribution < -0.4 is 16.6 Å². The molecule has 0 saturated carbocycles. The molecule has 8 nitrogen and oxygen atoms in total. The number of H-pyrrole nitrogens is 1. The number of aliphatic hydroxyl groups is 2. The number of aromatic amines is 1. The number of rotatable bonds is 12. The van der Waals surface area contributed by atoms with E-state index in [1.54, 1.807) is 0 Å². The number of unbranched alkanes of at least 4 members (excludes halogenated alkanes) is 1. The molecule has 29 heavy (non-hydrogen) atoms. The molecule has 0 unspecified atom stereocenters. The number of benzene rings is 1. The van der Waals surface area contributed by atoms with Crippen molar-refractivity contribution in [1.82, 2.24) is 14.5 Å². The fraction of sp³-hybridized carbons (Fsp3) is 0.524. The number of hydrogen-bond donors (Lipinski definition) is 4.